The SMILES string of the molecule is Cc1ccc(C(=O)N(C)Cc2ccco2)c(C2CCN(C(=O)N[C@@H](C)c3ccccc3)CC2)n1. The van der Waals surface area contributed by atoms with Gasteiger partial charge in [-0.05, 0) is 56.5 Å². The van der Waals surface area contributed by atoms with E-state index in [2.05, 4.69) is 5.32 Å². The molecular formula is C27H32N4O3. The highest BCUT2D eigenvalue weighted by Gasteiger charge is 2.29. The molecule has 0 spiro atoms. The zero-order valence-corrected chi connectivity index (χ0v) is 20.0. The van der Waals surface area contributed by atoms with Gasteiger partial charge >= 0.3 is 6.03 Å². The van der Waals surface area contributed by atoms with Gasteiger partial charge in [0.1, 0.15) is 5.76 Å². The molecule has 1 aliphatic rings. The molecular weight excluding hydrogens is 428 g/mol. The van der Waals surface area contributed by atoms with E-state index in [9.17, 15) is 9.59 Å². The molecule has 7 heteroatoms. The number of nitrogens with zero attached hydrogens (tertiary/aromatic N) is 3. The number of nitrogens with one attached hydrogen (secondary N) is 1. The fourth-order valence-electron chi connectivity index (χ4n) is 4.44. The standard InChI is InChI=1S/C27H32N4O3/c1-19-11-12-24(26(32)30(3)18-23-10-7-17-34-23)25(28-19)22-13-15-31(16-14-22)27(33)29-20(2)21-8-5-4-6-9-21/h4-12,17,20,22H,13-16,18H2,1-3H3,(H,29,33)/t20-/m0/s1. The second-order valence-corrected chi connectivity index (χ2v) is 8.97. The Morgan fingerprint density at radius 3 is 2.53 bits per heavy atom. The highest BCUT2D eigenvalue weighted by Crippen LogP contribution is 2.30. The van der Waals surface area contributed by atoms with Gasteiger partial charge in [-0.3, -0.25) is 9.78 Å². The van der Waals surface area contributed by atoms with E-state index in [1.165, 1.54) is 0 Å². The Morgan fingerprint density at radius 2 is 1.85 bits per heavy atom. The summed E-state index contributed by atoms with van der Waals surface area (Å²) in [5, 5.41) is 3.10. The number of amides is 3. The lowest BCUT2D eigenvalue weighted by atomic mass is 9.89. The molecule has 178 valence electrons. The summed E-state index contributed by atoms with van der Waals surface area (Å²) >= 11 is 0. The van der Waals surface area contributed by atoms with Crippen LogP contribution in [0.25, 0.3) is 0 Å². The van der Waals surface area contributed by atoms with Crippen molar-refractivity contribution in [2.45, 2.75) is 45.2 Å². The van der Waals surface area contributed by atoms with Crippen LogP contribution in [0.3, 0.4) is 0 Å². The maximum Gasteiger partial charge on any atom is 0.317 e. The fourth-order valence-corrected chi connectivity index (χ4v) is 4.44. The Morgan fingerprint density at radius 1 is 1.12 bits per heavy atom. The minimum atomic E-state index is -0.0734. The number of benzene rings is 1. The molecule has 0 radical (unpaired) electrons. The number of carbonyl (C=O) groups excluding carboxylic acids is 2. The molecule has 3 aromatic rings. The maximum atomic E-state index is 13.2. The molecule has 0 aliphatic carbocycles. The first kappa shape index (κ1) is 23.5. The monoisotopic (exact) mass is 460 g/mol. The average molecular weight is 461 g/mol. The summed E-state index contributed by atoms with van der Waals surface area (Å²) in [7, 11) is 1.77. The zero-order valence-electron chi connectivity index (χ0n) is 20.0. The van der Waals surface area contributed by atoms with Crippen LogP contribution in [0.4, 0.5) is 4.79 Å². The van der Waals surface area contributed by atoms with Crippen molar-refractivity contribution >= 4 is 11.9 Å². The predicted octanol–water partition coefficient (Wildman–Crippen LogP) is 4.91. The van der Waals surface area contributed by atoms with Crippen LogP contribution >= 0.6 is 0 Å². The summed E-state index contributed by atoms with van der Waals surface area (Å²) in [6.07, 6.45) is 3.15. The Kier molecular flexibility index (Phi) is 7.30. The normalized spacial score (nSPS) is 15.1. The molecule has 34 heavy (non-hydrogen) atoms. The first-order valence-corrected chi connectivity index (χ1v) is 11.8. The summed E-state index contributed by atoms with van der Waals surface area (Å²) in [6.45, 7) is 5.59. The van der Waals surface area contributed by atoms with Crippen molar-refractivity contribution < 1.29 is 14.0 Å². The first-order valence-electron chi connectivity index (χ1n) is 11.8. The molecule has 1 saturated heterocycles. The van der Waals surface area contributed by atoms with Crippen LogP contribution < -0.4 is 5.32 Å². The van der Waals surface area contributed by atoms with Crippen molar-refractivity contribution in [1.82, 2.24) is 20.1 Å². The maximum absolute atomic E-state index is 13.2. The van der Waals surface area contributed by atoms with E-state index in [1.54, 1.807) is 18.2 Å². The van der Waals surface area contributed by atoms with Crippen LogP contribution in [0.1, 0.15) is 64.8 Å². The molecule has 2 aromatic heterocycles. The first-order chi connectivity index (χ1) is 16.4. The van der Waals surface area contributed by atoms with Crippen molar-refractivity contribution in [2.24, 2.45) is 0 Å². The van der Waals surface area contributed by atoms with Crippen LogP contribution in [0, 0.1) is 6.92 Å². The van der Waals surface area contributed by atoms with Gasteiger partial charge in [0.15, 0.2) is 0 Å². The van der Waals surface area contributed by atoms with Crippen LogP contribution in [-0.2, 0) is 6.54 Å². The van der Waals surface area contributed by atoms with Crippen molar-refractivity contribution in [2.75, 3.05) is 20.1 Å². The Labute approximate surface area is 200 Å². The Balaban J connectivity index is 1.40. The van der Waals surface area contributed by atoms with E-state index >= 15 is 0 Å². The number of urea groups is 1. The zero-order chi connectivity index (χ0) is 24.1. The minimum Gasteiger partial charge on any atom is -0.467 e. The number of aromatic nitrogens is 1. The van der Waals surface area contributed by atoms with Crippen LogP contribution in [0.15, 0.2) is 65.3 Å². The summed E-state index contributed by atoms with van der Waals surface area (Å²) in [6, 6.07) is 17.3. The minimum absolute atomic E-state index is 0.0542. The van der Waals surface area contributed by atoms with Gasteiger partial charge < -0.3 is 19.5 Å². The lowest BCUT2D eigenvalue weighted by Crippen LogP contribution is -2.45. The van der Waals surface area contributed by atoms with Gasteiger partial charge in [0.25, 0.3) is 5.91 Å². The Hall–Kier alpha value is -3.61. The van der Waals surface area contributed by atoms with E-state index in [1.807, 2.05) is 73.3 Å². The second-order valence-electron chi connectivity index (χ2n) is 8.97. The lowest BCUT2D eigenvalue weighted by Gasteiger charge is -2.33. The van der Waals surface area contributed by atoms with Gasteiger partial charge in [0.2, 0.25) is 0 Å². The Bertz CT molecular complexity index is 1110. The van der Waals surface area contributed by atoms with Gasteiger partial charge in [0.05, 0.1) is 30.1 Å². The highest BCUT2D eigenvalue weighted by atomic mass is 16.3. The molecule has 1 atom stereocenters. The third kappa shape index (κ3) is 5.47. The lowest BCUT2D eigenvalue weighted by molar-refractivity contribution is 0.0772. The number of likely N-dealkylation sites (tertiary alicyclic amines) is 1. The molecule has 3 amide bonds. The average Bonchev–Trinajstić information content (AvgIpc) is 3.37. The topological polar surface area (TPSA) is 78.7 Å². The number of piperidine rings is 1. The number of pyridine rings is 1. The second kappa shape index (κ2) is 10.5. The van der Waals surface area contributed by atoms with Gasteiger partial charge in [-0.2, -0.15) is 0 Å². The van der Waals surface area contributed by atoms with Crippen LogP contribution in [-0.4, -0.2) is 46.9 Å². The number of hydrogen-bond donors (Lipinski definition) is 1. The van der Waals surface area contributed by atoms with Crippen molar-refractivity contribution in [3.8, 4) is 0 Å². The predicted molar refractivity (Wildman–Crippen MR) is 130 cm³/mol. The quantitative estimate of drug-likeness (QED) is 0.567. The van der Waals surface area contributed by atoms with Gasteiger partial charge in [0, 0.05) is 31.7 Å². The molecule has 7 nitrogen and oxygen atoms in total. The van der Waals surface area contributed by atoms with Crippen LogP contribution in [0.2, 0.25) is 0 Å². The third-order valence-corrected chi connectivity index (χ3v) is 6.42. The van der Waals surface area contributed by atoms with E-state index in [0.29, 0.717) is 25.2 Å². The van der Waals surface area contributed by atoms with Gasteiger partial charge in [-0.25, -0.2) is 4.79 Å². The van der Waals surface area contributed by atoms with Crippen molar-refractivity contribution in [3.05, 3.63) is 89.1 Å². The van der Waals surface area contributed by atoms with Crippen LogP contribution in [0.5, 0.6) is 0 Å². The molecule has 1 aliphatic heterocycles. The summed E-state index contributed by atoms with van der Waals surface area (Å²) < 4.78 is 5.39. The molecule has 1 aromatic carbocycles. The molecule has 0 bridgehead atoms. The summed E-state index contributed by atoms with van der Waals surface area (Å²) in [5.41, 5.74) is 3.42. The van der Waals surface area contributed by atoms with E-state index in [-0.39, 0.29) is 23.9 Å². The molecule has 1 fully saturated rings. The molecule has 3 heterocycles. The number of hydrogen-bond acceptors (Lipinski definition) is 4. The van der Waals surface area contributed by atoms with E-state index in [0.717, 1.165) is 35.6 Å². The number of aryl methyl sites for hydroxylation is 1. The van der Waals surface area contributed by atoms with E-state index in [4.69, 9.17) is 9.40 Å². The third-order valence-electron chi connectivity index (χ3n) is 6.42. The molecule has 4 rings (SSSR count). The van der Waals surface area contributed by atoms with Crippen molar-refractivity contribution in [3.63, 3.8) is 0 Å². The largest absolute Gasteiger partial charge is 0.467 e. The van der Waals surface area contributed by atoms with Gasteiger partial charge in [-0.1, -0.05) is 30.3 Å². The summed E-state index contributed by atoms with van der Waals surface area (Å²) in [4.78, 5) is 34.3. The number of furan rings is 1. The smallest absolute Gasteiger partial charge is 0.317 e. The molecule has 0 unspecified atom stereocenters. The van der Waals surface area contributed by atoms with E-state index < -0.39 is 0 Å². The van der Waals surface area contributed by atoms with Gasteiger partial charge in [-0.15, -0.1) is 0 Å². The fraction of sp³-hybridized carbons (Fsp3) is 0.370. The van der Waals surface area contributed by atoms with Crippen molar-refractivity contribution in [1.29, 1.82) is 0 Å². The molecule has 1 N–H and O–H groups in total. The highest BCUT2D eigenvalue weighted by molar-refractivity contribution is 5.95. The summed E-state index contributed by atoms with van der Waals surface area (Å²) in [5.74, 6) is 0.795. The number of carbonyl (C=O) groups is 2. The number of rotatable bonds is 6. The molecule has 0 saturated carbocycles.